The van der Waals surface area contributed by atoms with Crippen LogP contribution in [0.4, 0.5) is 0 Å². The van der Waals surface area contributed by atoms with Gasteiger partial charge in [-0.05, 0) is 67.3 Å². The summed E-state index contributed by atoms with van der Waals surface area (Å²) in [5, 5.41) is 4.22. The second-order valence-corrected chi connectivity index (χ2v) is 7.41. The number of hydrogen-bond acceptors (Lipinski definition) is 3. The predicted molar refractivity (Wildman–Crippen MR) is 95.6 cm³/mol. The first-order valence-electron chi connectivity index (χ1n) is 9.17. The first-order valence-corrected chi connectivity index (χ1v) is 9.17. The molecule has 2 aromatic rings. The molecule has 1 aromatic heterocycles. The maximum Gasteiger partial charge on any atom is 0.253 e. The van der Waals surface area contributed by atoms with Crippen LogP contribution in [0.2, 0.25) is 0 Å². The van der Waals surface area contributed by atoms with E-state index in [1.807, 2.05) is 47.1 Å². The number of nitrogens with zero attached hydrogens (tertiary/aromatic N) is 3. The zero-order valence-corrected chi connectivity index (χ0v) is 14.7. The van der Waals surface area contributed by atoms with Gasteiger partial charge in [0.25, 0.3) is 5.91 Å². The van der Waals surface area contributed by atoms with Gasteiger partial charge >= 0.3 is 0 Å². The lowest BCUT2D eigenvalue weighted by molar-refractivity contribution is 0.0787. The quantitative estimate of drug-likeness (QED) is 0.813. The number of hydrogen-bond donors (Lipinski definition) is 0. The molecule has 2 fully saturated rings. The highest BCUT2D eigenvalue weighted by Gasteiger charge is 2.27. The molecule has 0 radical (unpaired) electrons. The highest BCUT2D eigenvalue weighted by atomic mass is 16.5. The molecule has 25 heavy (non-hydrogen) atoms. The Hall–Kier alpha value is -2.30. The predicted octanol–water partition coefficient (Wildman–Crippen LogP) is 2.91. The third-order valence-electron chi connectivity index (χ3n) is 5.14. The summed E-state index contributed by atoms with van der Waals surface area (Å²) < 4.78 is 7.58. The van der Waals surface area contributed by atoms with Crippen LogP contribution in [0.5, 0.6) is 5.75 Å². The van der Waals surface area contributed by atoms with Crippen molar-refractivity contribution in [3.05, 3.63) is 47.8 Å². The van der Waals surface area contributed by atoms with Crippen LogP contribution < -0.4 is 4.74 Å². The molecule has 132 valence electrons. The van der Waals surface area contributed by atoms with Crippen molar-refractivity contribution in [1.82, 2.24) is 14.7 Å². The Bertz CT molecular complexity index is 734. The van der Waals surface area contributed by atoms with E-state index in [0.717, 1.165) is 49.8 Å². The molecular weight excluding hydrogens is 314 g/mol. The van der Waals surface area contributed by atoms with Crippen LogP contribution in [-0.2, 0) is 13.5 Å². The van der Waals surface area contributed by atoms with Gasteiger partial charge in [0.15, 0.2) is 0 Å². The van der Waals surface area contributed by atoms with Gasteiger partial charge in [-0.3, -0.25) is 9.48 Å². The number of carbonyl (C=O) groups excluding carboxylic acids is 1. The van der Waals surface area contributed by atoms with E-state index in [1.165, 1.54) is 18.4 Å². The molecule has 1 unspecified atom stereocenters. The number of rotatable bonds is 6. The van der Waals surface area contributed by atoms with E-state index in [4.69, 9.17) is 4.74 Å². The number of likely N-dealkylation sites (tertiary alicyclic amines) is 1. The van der Waals surface area contributed by atoms with Crippen molar-refractivity contribution in [3.63, 3.8) is 0 Å². The number of aromatic nitrogens is 2. The third kappa shape index (κ3) is 4.03. The fraction of sp³-hybridized carbons (Fsp3) is 0.500. The Balaban J connectivity index is 1.31. The summed E-state index contributed by atoms with van der Waals surface area (Å²) in [5.41, 5.74) is 2.00. The van der Waals surface area contributed by atoms with E-state index in [2.05, 4.69) is 11.3 Å². The molecular formula is C20H25N3O2. The summed E-state index contributed by atoms with van der Waals surface area (Å²) in [5.74, 6) is 2.25. The zero-order valence-electron chi connectivity index (χ0n) is 14.7. The molecule has 2 aliphatic rings. The Morgan fingerprint density at radius 2 is 2.00 bits per heavy atom. The molecule has 1 aliphatic carbocycles. The number of amides is 1. The van der Waals surface area contributed by atoms with Crippen LogP contribution in [-0.4, -0.2) is 40.3 Å². The number of aryl methyl sites for hydroxylation is 1. The van der Waals surface area contributed by atoms with Crippen LogP contribution in [0.1, 0.15) is 35.2 Å². The van der Waals surface area contributed by atoms with Crippen molar-refractivity contribution in [1.29, 1.82) is 0 Å². The van der Waals surface area contributed by atoms with Gasteiger partial charge in [-0.15, -0.1) is 0 Å². The minimum absolute atomic E-state index is 0.127. The molecule has 5 heteroatoms. The van der Waals surface area contributed by atoms with E-state index in [1.54, 1.807) is 0 Å². The van der Waals surface area contributed by atoms with Crippen molar-refractivity contribution in [2.45, 2.75) is 25.7 Å². The topological polar surface area (TPSA) is 47.4 Å². The summed E-state index contributed by atoms with van der Waals surface area (Å²) in [6, 6.07) is 7.61. The number of carbonyl (C=O) groups is 1. The van der Waals surface area contributed by atoms with E-state index in [9.17, 15) is 4.79 Å². The summed E-state index contributed by atoms with van der Waals surface area (Å²) in [7, 11) is 1.94. The third-order valence-corrected chi connectivity index (χ3v) is 5.14. The van der Waals surface area contributed by atoms with Gasteiger partial charge in [-0.25, -0.2) is 0 Å². The summed E-state index contributed by atoms with van der Waals surface area (Å²) >= 11 is 0. The van der Waals surface area contributed by atoms with Crippen molar-refractivity contribution in [3.8, 4) is 5.75 Å². The molecule has 1 saturated heterocycles. The largest absolute Gasteiger partial charge is 0.493 e. The second-order valence-electron chi connectivity index (χ2n) is 7.41. The smallest absolute Gasteiger partial charge is 0.253 e. The Morgan fingerprint density at radius 1 is 1.20 bits per heavy atom. The first-order chi connectivity index (χ1) is 12.2. The Labute approximate surface area is 148 Å². The molecule has 1 aromatic carbocycles. The molecule has 2 heterocycles. The van der Waals surface area contributed by atoms with Crippen LogP contribution in [0.15, 0.2) is 36.7 Å². The molecule has 0 spiro atoms. The summed E-state index contributed by atoms with van der Waals surface area (Å²) in [6.45, 7) is 2.47. The molecule has 4 rings (SSSR count). The fourth-order valence-electron chi connectivity index (χ4n) is 3.47. The lowest BCUT2D eigenvalue weighted by Crippen LogP contribution is -2.28. The molecule has 0 bridgehead atoms. The average molecular weight is 339 g/mol. The molecule has 1 amide bonds. The van der Waals surface area contributed by atoms with E-state index >= 15 is 0 Å². The maximum atomic E-state index is 12.7. The average Bonchev–Trinajstić information content (AvgIpc) is 3.19. The van der Waals surface area contributed by atoms with Crippen LogP contribution >= 0.6 is 0 Å². The molecule has 0 N–H and O–H groups in total. The number of benzene rings is 1. The van der Waals surface area contributed by atoms with E-state index in [0.29, 0.717) is 5.92 Å². The maximum absolute atomic E-state index is 12.7. The van der Waals surface area contributed by atoms with Crippen molar-refractivity contribution < 1.29 is 9.53 Å². The van der Waals surface area contributed by atoms with Crippen molar-refractivity contribution in [2.24, 2.45) is 18.9 Å². The zero-order chi connectivity index (χ0) is 17.2. The van der Waals surface area contributed by atoms with Crippen LogP contribution in [0, 0.1) is 11.8 Å². The molecule has 1 saturated carbocycles. The van der Waals surface area contributed by atoms with Gasteiger partial charge in [0.2, 0.25) is 0 Å². The Morgan fingerprint density at radius 3 is 2.68 bits per heavy atom. The van der Waals surface area contributed by atoms with Crippen molar-refractivity contribution >= 4 is 5.91 Å². The van der Waals surface area contributed by atoms with Gasteiger partial charge < -0.3 is 9.64 Å². The van der Waals surface area contributed by atoms with Crippen molar-refractivity contribution in [2.75, 3.05) is 19.7 Å². The normalized spacial score (nSPS) is 20.0. The fourth-order valence-corrected chi connectivity index (χ4v) is 3.47. The van der Waals surface area contributed by atoms with Gasteiger partial charge in [0.05, 0.1) is 12.8 Å². The number of ether oxygens (including phenoxy) is 1. The molecule has 1 aliphatic heterocycles. The standard InChI is InChI=1S/C20H25N3O2/c1-22-12-17(11-21-22)10-16-8-9-23(13-16)20(24)18-4-6-19(7-5-18)25-14-15-2-3-15/h4-7,11-12,15-16H,2-3,8-10,13-14H2,1H3. The van der Waals surface area contributed by atoms with Crippen LogP contribution in [0.25, 0.3) is 0 Å². The lowest BCUT2D eigenvalue weighted by Gasteiger charge is -2.17. The molecule has 5 nitrogen and oxygen atoms in total. The van der Waals surface area contributed by atoms with Gasteiger partial charge in [-0.1, -0.05) is 0 Å². The lowest BCUT2D eigenvalue weighted by atomic mass is 10.0. The minimum atomic E-state index is 0.127. The monoisotopic (exact) mass is 339 g/mol. The highest BCUT2D eigenvalue weighted by Crippen LogP contribution is 2.29. The minimum Gasteiger partial charge on any atom is -0.493 e. The van der Waals surface area contributed by atoms with Gasteiger partial charge in [0.1, 0.15) is 5.75 Å². The molecule has 1 atom stereocenters. The SMILES string of the molecule is Cn1cc(CC2CCN(C(=O)c3ccc(OCC4CC4)cc3)C2)cn1. The highest BCUT2D eigenvalue weighted by molar-refractivity contribution is 5.94. The van der Waals surface area contributed by atoms with E-state index < -0.39 is 0 Å². The van der Waals surface area contributed by atoms with Gasteiger partial charge in [0, 0.05) is 31.9 Å². The van der Waals surface area contributed by atoms with Crippen LogP contribution in [0.3, 0.4) is 0 Å². The summed E-state index contributed by atoms with van der Waals surface area (Å²) in [4.78, 5) is 14.7. The van der Waals surface area contributed by atoms with Gasteiger partial charge in [-0.2, -0.15) is 5.10 Å². The Kier molecular flexibility index (Phi) is 4.47. The first kappa shape index (κ1) is 16.2. The van der Waals surface area contributed by atoms with E-state index in [-0.39, 0.29) is 5.91 Å². The summed E-state index contributed by atoms with van der Waals surface area (Å²) in [6.07, 6.45) is 8.60. The second kappa shape index (κ2) is 6.90.